The van der Waals surface area contributed by atoms with E-state index in [1.165, 1.54) is 6.07 Å². The SMILES string of the molecule is Cc1ccc(Br)cc1Nc1cc(F)cc(F)c1N. The standard InChI is InChI=1S/C13H11BrF2N2/c1-7-2-3-8(14)4-11(7)18-12-6-9(15)5-10(16)13(12)17/h2-6,18H,17H2,1H3. The molecule has 0 unspecified atom stereocenters. The van der Waals surface area contributed by atoms with E-state index < -0.39 is 11.6 Å². The molecule has 2 rings (SSSR count). The lowest BCUT2D eigenvalue weighted by Crippen LogP contribution is -2.01. The van der Waals surface area contributed by atoms with Crippen LogP contribution in [0.3, 0.4) is 0 Å². The summed E-state index contributed by atoms with van der Waals surface area (Å²) in [5, 5.41) is 2.93. The van der Waals surface area contributed by atoms with Crippen LogP contribution in [0.1, 0.15) is 5.56 Å². The van der Waals surface area contributed by atoms with Gasteiger partial charge in [-0.15, -0.1) is 0 Å². The molecule has 5 heteroatoms. The van der Waals surface area contributed by atoms with E-state index in [1.54, 1.807) is 0 Å². The molecular formula is C13H11BrF2N2. The smallest absolute Gasteiger partial charge is 0.151 e. The number of nitrogen functional groups attached to an aromatic ring is 1. The first-order chi connectivity index (χ1) is 8.47. The minimum absolute atomic E-state index is 0.101. The summed E-state index contributed by atoms with van der Waals surface area (Å²) in [7, 11) is 0. The van der Waals surface area contributed by atoms with Gasteiger partial charge in [0.1, 0.15) is 5.82 Å². The molecule has 2 aromatic carbocycles. The molecule has 18 heavy (non-hydrogen) atoms. The fourth-order valence-corrected chi connectivity index (χ4v) is 1.92. The Labute approximate surface area is 112 Å². The van der Waals surface area contributed by atoms with Crippen LogP contribution in [0, 0.1) is 18.6 Å². The molecule has 0 fully saturated rings. The van der Waals surface area contributed by atoms with Crippen molar-refractivity contribution >= 4 is 33.0 Å². The van der Waals surface area contributed by atoms with Gasteiger partial charge < -0.3 is 11.1 Å². The number of nitrogens with two attached hydrogens (primary N) is 1. The van der Waals surface area contributed by atoms with Crippen molar-refractivity contribution in [3.8, 4) is 0 Å². The number of hydrogen-bond acceptors (Lipinski definition) is 2. The Kier molecular flexibility index (Phi) is 3.52. The number of halogens is 3. The fourth-order valence-electron chi connectivity index (χ4n) is 1.56. The third-order valence-electron chi connectivity index (χ3n) is 2.56. The van der Waals surface area contributed by atoms with Crippen LogP contribution in [0.5, 0.6) is 0 Å². The molecular weight excluding hydrogens is 302 g/mol. The molecule has 0 saturated heterocycles. The van der Waals surface area contributed by atoms with E-state index in [0.29, 0.717) is 0 Å². The molecule has 0 aliphatic rings. The Morgan fingerprint density at radius 2 is 1.83 bits per heavy atom. The van der Waals surface area contributed by atoms with Crippen LogP contribution < -0.4 is 11.1 Å². The third kappa shape index (κ3) is 2.61. The van der Waals surface area contributed by atoms with Gasteiger partial charge in [-0.3, -0.25) is 0 Å². The van der Waals surface area contributed by atoms with Crippen LogP contribution in [0.4, 0.5) is 25.8 Å². The van der Waals surface area contributed by atoms with Crippen LogP contribution in [-0.2, 0) is 0 Å². The summed E-state index contributed by atoms with van der Waals surface area (Å²) in [5.74, 6) is -1.44. The Morgan fingerprint density at radius 3 is 2.56 bits per heavy atom. The van der Waals surface area contributed by atoms with Crippen molar-refractivity contribution in [2.24, 2.45) is 0 Å². The van der Waals surface area contributed by atoms with Crippen LogP contribution in [0.2, 0.25) is 0 Å². The van der Waals surface area contributed by atoms with Gasteiger partial charge in [-0.2, -0.15) is 0 Å². The van der Waals surface area contributed by atoms with Crippen LogP contribution in [0.15, 0.2) is 34.8 Å². The summed E-state index contributed by atoms with van der Waals surface area (Å²) in [4.78, 5) is 0. The second-order valence-electron chi connectivity index (χ2n) is 3.93. The van der Waals surface area contributed by atoms with E-state index in [9.17, 15) is 8.78 Å². The van der Waals surface area contributed by atoms with Crippen LogP contribution in [0.25, 0.3) is 0 Å². The zero-order chi connectivity index (χ0) is 13.3. The molecule has 0 atom stereocenters. The molecule has 0 aromatic heterocycles. The summed E-state index contributed by atoms with van der Waals surface area (Å²) in [5.41, 5.74) is 7.37. The zero-order valence-electron chi connectivity index (χ0n) is 9.60. The first-order valence-electron chi connectivity index (χ1n) is 5.25. The quantitative estimate of drug-likeness (QED) is 0.808. The summed E-state index contributed by atoms with van der Waals surface area (Å²) < 4.78 is 27.3. The maximum atomic E-state index is 13.3. The molecule has 0 saturated carbocycles. The van der Waals surface area contributed by atoms with Crippen molar-refractivity contribution in [2.45, 2.75) is 6.92 Å². The molecule has 0 amide bonds. The predicted molar refractivity (Wildman–Crippen MR) is 72.9 cm³/mol. The lowest BCUT2D eigenvalue weighted by Gasteiger charge is -2.12. The Morgan fingerprint density at radius 1 is 1.11 bits per heavy atom. The van der Waals surface area contributed by atoms with E-state index >= 15 is 0 Å². The summed E-state index contributed by atoms with van der Waals surface area (Å²) in [6, 6.07) is 7.51. The summed E-state index contributed by atoms with van der Waals surface area (Å²) >= 11 is 3.34. The van der Waals surface area contributed by atoms with Gasteiger partial charge in [-0.25, -0.2) is 8.78 Å². The van der Waals surface area contributed by atoms with E-state index in [0.717, 1.165) is 21.8 Å². The molecule has 0 heterocycles. The van der Waals surface area contributed by atoms with Gasteiger partial charge >= 0.3 is 0 Å². The normalized spacial score (nSPS) is 10.4. The number of aryl methyl sites for hydroxylation is 1. The van der Waals surface area contributed by atoms with E-state index in [4.69, 9.17) is 5.73 Å². The van der Waals surface area contributed by atoms with Crippen LogP contribution >= 0.6 is 15.9 Å². The van der Waals surface area contributed by atoms with Gasteiger partial charge in [0, 0.05) is 16.2 Å². The highest BCUT2D eigenvalue weighted by Crippen LogP contribution is 2.29. The van der Waals surface area contributed by atoms with Crippen molar-refractivity contribution in [3.63, 3.8) is 0 Å². The van der Waals surface area contributed by atoms with Crippen molar-refractivity contribution < 1.29 is 8.78 Å². The minimum atomic E-state index is -0.773. The van der Waals surface area contributed by atoms with Crippen molar-refractivity contribution in [2.75, 3.05) is 11.1 Å². The van der Waals surface area contributed by atoms with E-state index in [1.807, 2.05) is 25.1 Å². The maximum Gasteiger partial charge on any atom is 0.151 e. The van der Waals surface area contributed by atoms with E-state index in [2.05, 4.69) is 21.2 Å². The molecule has 0 radical (unpaired) electrons. The van der Waals surface area contributed by atoms with Gasteiger partial charge in [0.25, 0.3) is 0 Å². The lowest BCUT2D eigenvalue weighted by molar-refractivity contribution is 0.587. The van der Waals surface area contributed by atoms with Crippen LogP contribution in [-0.4, -0.2) is 0 Å². The van der Waals surface area contributed by atoms with Gasteiger partial charge in [-0.05, 0) is 30.7 Å². The monoisotopic (exact) mass is 312 g/mol. The van der Waals surface area contributed by atoms with Crippen molar-refractivity contribution in [3.05, 3.63) is 52.0 Å². The molecule has 0 bridgehead atoms. The van der Waals surface area contributed by atoms with Gasteiger partial charge in [0.2, 0.25) is 0 Å². The second kappa shape index (κ2) is 4.94. The number of nitrogens with one attached hydrogen (secondary N) is 1. The highest BCUT2D eigenvalue weighted by atomic mass is 79.9. The number of benzene rings is 2. The molecule has 2 aromatic rings. The van der Waals surface area contributed by atoms with E-state index in [-0.39, 0.29) is 11.4 Å². The largest absolute Gasteiger partial charge is 0.395 e. The molecule has 0 aliphatic heterocycles. The topological polar surface area (TPSA) is 38.0 Å². The summed E-state index contributed by atoms with van der Waals surface area (Å²) in [6.07, 6.45) is 0. The highest BCUT2D eigenvalue weighted by Gasteiger charge is 2.09. The highest BCUT2D eigenvalue weighted by molar-refractivity contribution is 9.10. The van der Waals surface area contributed by atoms with Gasteiger partial charge in [-0.1, -0.05) is 22.0 Å². The zero-order valence-corrected chi connectivity index (χ0v) is 11.2. The predicted octanol–water partition coefficient (Wildman–Crippen LogP) is 4.36. The maximum absolute atomic E-state index is 13.3. The Bertz CT molecular complexity index is 600. The lowest BCUT2D eigenvalue weighted by atomic mass is 10.2. The molecule has 94 valence electrons. The number of hydrogen-bond donors (Lipinski definition) is 2. The third-order valence-corrected chi connectivity index (χ3v) is 3.06. The average molecular weight is 313 g/mol. The van der Waals surface area contributed by atoms with Crippen molar-refractivity contribution in [1.82, 2.24) is 0 Å². The van der Waals surface area contributed by atoms with Gasteiger partial charge in [0.05, 0.1) is 11.4 Å². The fraction of sp³-hybridized carbons (Fsp3) is 0.0769. The molecule has 2 nitrogen and oxygen atoms in total. The Balaban J connectivity index is 2.43. The number of rotatable bonds is 2. The number of anilines is 3. The molecule has 3 N–H and O–H groups in total. The second-order valence-corrected chi connectivity index (χ2v) is 4.85. The minimum Gasteiger partial charge on any atom is -0.395 e. The summed E-state index contributed by atoms with van der Waals surface area (Å²) in [6.45, 7) is 1.89. The molecule has 0 spiro atoms. The van der Waals surface area contributed by atoms with Gasteiger partial charge in [0.15, 0.2) is 5.82 Å². The average Bonchev–Trinajstić information content (AvgIpc) is 2.30. The Hall–Kier alpha value is -1.62. The van der Waals surface area contributed by atoms with Crippen molar-refractivity contribution in [1.29, 1.82) is 0 Å². The molecule has 0 aliphatic carbocycles. The first kappa shape index (κ1) is 12.8. The first-order valence-corrected chi connectivity index (χ1v) is 6.04.